The molecular formula is C13H8BrFN2. The second-order valence-corrected chi connectivity index (χ2v) is 4.33. The highest BCUT2D eigenvalue weighted by Gasteiger charge is 2.07. The number of anilines is 2. The Kier molecular flexibility index (Phi) is 3.40. The molecule has 2 aromatic carbocycles. The molecule has 0 aromatic heterocycles. The summed E-state index contributed by atoms with van der Waals surface area (Å²) in [6, 6.07) is 13.8. The smallest absolute Gasteiger partial charge is 0.143 e. The van der Waals surface area contributed by atoms with Crippen molar-refractivity contribution in [3.05, 3.63) is 58.3 Å². The van der Waals surface area contributed by atoms with Gasteiger partial charge in [-0.3, -0.25) is 0 Å². The lowest BCUT2D eigenvalue weighted by Crippen LogP contribution is -1.95. The van der Waals surface area contributed by atoms with Crippen molar-refractivity contribution in [1.29, 1.82) is 5.26 Å². The van der Waals surface area contributed by atoms with E-state index >= 15 is 0 Å². The molecule has 0 saturated carbocycles. The summed E-state index contributed by atoms with van der Waals surface area (Å²) in [5, 5.41) is 11.9. The molecule has 2 nitrogen and oxygen atoms in total. The molecule has 0 amide bonds. The van der Waals surface area contributed by atoms with Crippen LogP contribution < -0.4 is 5.32 Å². The SMILES string of the molecule is N#Cc1c(F)cccc1Nc1cccc(Br)c1. The van der Waals surface area contributed by atoms with Crippen LogP contribution in [0.2, 0.25) is 0 Å². The average molecular weight is 291 g/mol. The number of hydrogen-bond donors (Lipinski definition) is 1. The molecule has 0 spiro atoms. The van der Waals surface area contributed by atoms with Crippen molar-refractivity contribution >= 4 is 27.3 Å². The third-order valence-electron chi connectivity index (χ3n) is 2.23. The molecule has 17 heavy (non-hydrogen) atoms. The number of nitrogens with zero attached hydrogens (tertiary/aromatic N) is 1. The Hall–Kier alpha value is -1.86. The van der Waals surface area contributed by atoms with Gasteiger partial charge >= 0.3 is 0 Å². The van der Waals surface area contributed by atoms with Crippen molar-refractivity contribution in [2.45, 2.75) is 0 Å². The van der Waals surface area contributed by atoms with Crippen LogP contribution in [-0.2, 0) is 0 Å². The van der Waals surface area contributed by atoms with Gasteiger partial charge in [-0.15, -0.1) is 0 Å². The van der Waals surface area contributed by atoms with E-state index in [1.54, 1.807) is 12.1 Å². The van der Waals surface area contributed by atoms with E-state index in [-0.39, 0.29) is 5.56 Å². The third-order valence-corrected chi connectivity index (χ3v) is 2.72. The summed E-state index contributed by atoms with van der Waals surface area (Å²) in [4.78, 5) is 0. The van der Waals surface area contributed by atoms with Gasteiger partial charge in [-0.05, 0) is 30.3 Å². The molecule has 0 bridgehead atoms. The molecule has 2 aromatic rings. The van der Waals surface area contributed by atoms with E-state index in [9.17, 15) is 4.39 Å². The topological polar surface area (TPSA) is 35.8 Å². The monoisotopic (exact) mass is 290 g/mol. The third kappa shape index (κ3) is 2.63. The Morgan fingerprint density at radius 3 is 2.65 bits per heavy atom. The van der Waals surface area contributed by atoms with Gasteiger partial charge in [-0.1, -0.05) is 28.1 Å². The Balaban J connectivity index is 2.37. The van der Waals surface area contributed by atoms with Gasteiger partial charge in [0, 0.05) is 10.2 Å². The van der Waals surface area contributed by atoms with Crippen LogP contribution in [0.25, 0.3) is 0 Å². The van der Waals surface area contributed by atoms with Gasteiger partial charge in [0.2, 0.25) is 0 Å². The predicted octanol–water partition coefficient (Wildman–Crippen LogP) is 4.20. The summed E-state index contributed by atoms with van der Waals surface area (Å²) in [5.41, 5.74) is 1.28. The summed E-state index contributed by atoms with van der Waals surface area (Å²) in [6.07, 6.45) is 0. The van der Waals surface area contributed by atoms with E-state index in [0.29, 0.717) is 5.69 Å². The van der Waals surface area contributed by atoms with E-state index in [1.165, 1.54) is 6.07 Å². The second-order valence-electron chi connectivity index (χ2n) is 3.41. The molecule has 0 unspecified atom stereocenters. The maximum atomic E-state index is 13.4. The van der Waals surface area contributed by atoms with Crippen LogP contribution in [0.15, 0.2) is 46.9 Å². The molecule has 2 rings (SSSR count). The van der Waals surface area contributed by atoms with Gasteiger partial charge in [0.05, 0.1) is 5.69 Å². The fraction of sp³-hybridized carbons (Fsp3) is 0. The van der Waals surface area contributed by atoms with Crippen LogP contribution >= 0.6 is 15.9 Å². The average Bonchev–Trinajstić information content (AvgIpc) is 2.29. The molecule has 0 aliphatic heterocycles. The van der Waals surface area contributed by atoms with Crippen LogP contribution in [0.3, 0.4) is 0 Å². The van der Waals surface area contributed by atoms with Gasteiger partial charge in [0.15, 0.2) is 0 Å². The minimum atomic E-state index is -0.521. The molecule has 0 saturated heterocycles. The Labute approximate surface area is 107 Å². The first kappa shape index (κ1) is 11.6. The minimum absolute atomic E-state index is 0.0208. The first-order valence-corrected chi connectivity index (χ1v) is 5.71. The zero-order valence-corrected chi connectivity index (χ0v) is 10.3. The highest BCUT2D eigenvalue weighted by molar-refractivity contribution is 9.10. The van der Waals surface area contributed by atoms with Crippen LogP contribution in [-0.4, -0.2) is 0 Å². The van der Waals surface area contributed by atoms with Crippen LogP contribution in [0.1, 0.15) is 5.56 Å². The van der Waals surface area contributed by atoms with Gasteiger partial charge in [-0.2, -0.15) is 5.26 Å². The van der Waals surface area contributed by atoms with Crippen molar-refractivity contribution in [3.8, 4) is 6.07 Å². The van der Waals surface area contributed by atoms with Gasteiger partial charge < -0.3 is 5.32 Å². The van der Waals surface area contributed by atoms with Crippen molar-refractivity contribution < 1.29 is 4.39 Å². The van der Waals surface area contributed by atoms with Crippen LogP contribution in [0.5, 0.6) is 0 Å². The van der Waals surface area contributed by atoms with Gasteiger partial charge in [0.1, 0.15) is 17.4 Å². The zero-order valence-electron chi connectivity index (χ0n) is 8.74. The standard InChI is InChI=1S/C13H8BrFN2/c14-9-3-1-4-10(7-9)17-13-6-2-5-12(15)11(13)8-16/h1-7,17H. The quantitative estimate of drug-likeness (QED) is 0.900. The summed E-state index contributed by atoms with van der Waals surface area (Å²) in [5.74, 6) is -0.521. The molecule has 0 radical (unpaired) electrons. The van der Waals surface area contributed by atoms with E-state index < -0.39 is 5.82 Å². The Morgan fingerprint density at radius 2 is 1.94 bits per heavy atom. The minimum Gasteiger partial charge on any atom is -0.354 e. The lowest BCUT2D eigenvalue weighted by atomic mass is 10.1. The molecule has 0 aliphatic rings. The Bertz CT molecular complexity index is 590. The number of rotatable bonds is 2. The molecule has 4 heteroatoms. The normalized spacial score (nSPS) is 9.71. The van der Waals surface area contributed by atoms with Gasteiger partial charge in [0.25, 0.3) is 0 Å². The summed E-state index contributed by atoms with van der Waals surface area (Å²) in [7, 11) is 0. The van der Waals surface area contributed by atoms with Crippen molar-refractivity contribution in [2.75, 3.05) is 5.32 Å². The van der Waals surface area contributed by atoms with E-state index in [4.69, 9.17) is 5.26 Å². The lowest BCUT2D eigenvalue weighted by molar-refractivity contribution is 0.624. The largest absolute Gasteiger partial charge is 0.354 e. The van der Waals surface area contributed by atoms with Crippen molar-refractivity contribution in [1.82, 2.24) is 0 Å². The predicted molar refractivity (Wildman–Crippen MR) is 68.5 cm³/mol. The van der Waals surface area contributed by atoms with E-state index in [2.05, 4.69) is 21.2 Å². The lowest BCUT2D eigenvalue weighted by Gasteiger charge is -2.08. The van der Waals surface area contributed by atoms with Crippen molar-refractivity contribution in [3.63, 3.8) is 0 Å². The summed E-state index contributed by atoms with van der Waals surface area (Å²) in [6.45, 7) is 0. The molecule has 0 fully saturated rings. The van der Waals surface area contributed by atoms with Crippen LogP contribution in [0.4, 0.5) is 15.8 Å². The fourth-order valence-corrected chi connectivity index (χ4v) is 1.86. The second kappa shape index (κ2) is 4.98. The highest BCUT2D eigenvalue weighted by atomic mass is 79.9. The molecule has 0 atom stereocenters. The number of halogens is 2. The molecule has 84 valence electrons. The molecule has 0 aliphatic carbocycles. The number of nitriles is 1. The fourth-order valence-electron chi connectivity index (χ4n) is 1.46. The van der Waals surface area contributed by atoms with E-state index in [1.807, 2.05) is 30.3 Å². The summed E-state index contributed by atoms with van der Waals surface area (Å²) >= 11 is 3.35. The number of benzene rings is 2. The maximum absolute atomic E-state index is 13.4. The summed E-state index contributed by atoms with van der Waals surface area (Å²) < 4.78 is 14.3. The number of hydrogen-bond acceptors (Lipinski definition) is 2. The molecule has 1 N–H and O–H groups in total. The van der Waals surface area contributed by atoms with Crippen molar-refractivity contribution in [2.24, 2.45) is 0 Å². The maximum Gasteiger partial charge on any atom is 0.143 e. The number of nitrogens with one attached hydrogen (secondary N) is 1. The van der Waals surface area contributed by atoms with Crippen LogP contribution in [0, 0.1) is 17.1 Å². The van der Waals surface area contributed by atoms with E-state index in [0.717, 1.165) is 10.2 Å². The Morgan fingerprint density at radius 1 is 1.18 bits per heavy atom. The van der Waals surface area contributed by atoms with Gasteiger partial charge in [-0.25, -0.2) is 4.39 Å². The molecule has 0 heterocycles. The first-order chi connectivity index (χ1) is 8.20. The zero-order chi connectivity index (χ0) is 12.3. The molecular weight excluding hydrogens is 283 g/mol. The first-order valence-electron chi connectivity index (χ1n) is 4.92. The highest BCUT2D eigenvalue weighted by Crippen LogP contribution is 2.24.